The predicted octanol–water partition coefficient (Wildman–Crippen LogP) is 3.80. The first-order chi connectivity index (χ1) is 11.2. The number of aldehydes is 1. The molecule has 1 saturated heterocycles. The van der Waals surface area contributed by atoms with E-state index in [1.165, 1.54) is 5.56 Å². The second-order valence-electron chi connectivity index (χ2n) is 6.01. The molecule has 0 saturated carbocycles. The predicted molar refractivity (Wildman–Crippen MR) is 89.7 cm³/mol. The van der Waals surface area contributed by atoms with Crippen LogP contribution in [0.1, 0.15) is 53.3 Å². The van der Waals surface area contributed by atoms with Crippen molar-refractivity contribution >= 4 is 6.29 Å². The fraction of sp³-hybridized carbons (Fsp3) is 0.368. The quantitative estimate of drug-likeness (QED) is 0.788. The molecule has 0 unspecified atom stereocenters. The molecule has 1 aromatic heterocycles. The van der Waals surface area contributed by atoms with Crippen molar-refractivity contribution in [1.82, 2.24) is 9.88 Å². The molecule has 2 aromatic rings. The highest BCUT2D eigenvalue weighted by Gasteiger charge is 2.30. The van der Waals surface area contributed by atoms with E-state index in [1.807, 2.05) is 24.4 Å². The molecule has 0 spiro atoms. The first-order valence-electron chi connectivity index (χ1n) is 8.02. The normalized spacial score (nSPS) is 19.5. The summed E-state index contributed by atoms with van der Waals surface area (Å²) in [5, 5.41) is 0. The maximum Gasteiger partial charge on any atom is 0.151 e. The Morgan fingerprint density at radius 1 is 1.30 bits per heavy atom. The highest BCUT2D eigenvalue weighted by atomic mass is 16.5. The van der Waals surface area contributed by atoms with E-state index in [-0.39, 0.29) is 0 Å². The number of rotatable bonds is 5. The summed E-state index contributed by atoms with van der Waals surface area (Å²) < 4.78 is 5.24. The number of benzene rings is 1. The van der Waals surface area contributed by atoms with Gasteiger partial charge in [0.05, 0.1) is 7.11 Å². The smallest absolute Gasteiger partial charge is 0.151 e. The summed E-state index contributed by atoms with van der Waals surface area (Å²) >= 11 is 0. The second-order valence-corrected chi connectivity index (χ2v) is 6.01. The minimum absolute atomic E-state index is 0.313. The van der Waals surface area contributed by atoms with E-state index in [0.717, 1.165) is 37.0 Å². The van der Waals surface area contributed by atoms with Crippen LogP contribution in [0.15, 0.2) is 42.7 Å². The van der Waals surface area contributed by atoms with Gasteiger partial charge in [-0.15, -0.1) is 0 Å². The van der Waals surface area contributed by atoms with Crippen LogP contribution in [0.25, 0.3) is 0 Å². The van der Waals surface area contributed by atoms with Crippen molar-refractivity contribution in [3.8, 4) is 5.75 Å². The van der Waals surface area contributed by atoms with E-state index >= 15 is 0 Å². The highest BCUT2D eigenvalue weighted by molar-refractivity contribution is 5.74. The minimum atomic E-state index is 0.313. The number of hydrogen-bond donors (Lipinski definition) is 0. The first kappa shape index (κ1) is 15.7. The molecule has 0 N–H and O–H groups in total. The molecule has 2 heterocycles. The monoisotopic (exact) mass is 310 g/mol. The van der Waals surface area contributed by atoms with Crippen LogP contribution in [0.4, 0.5) is 0 Å². The zero-order valence-electron chi connectivity index (χ0n) is 13.6. The van der Waals surface area contributed by atoms with Crippen LogP contribution >= 0.6 is 0 Å². The lowest BCUT2D eigenvalue weighted by molar-refractivity contribution is 0.112. The maximum atomic E-state index is 11.0. The van der Waals surface area contributed by atoms with Crippen LogP contribution < -0.4 is 4.74 Å². The van der Waals surface area contributed by atoms with E-state index in [1.54, 1.807) is 13.3 Å². The second kappa shape index (κ2) is 6.92. The molecule has 1 aliphatic rings. The number of likely N-dealkylation sites (tertiary alicyclic amines) is 1. The molecular formula is C19H22N2O2. The Hall–Kier alpha value is -2.20. The van der Waals surface area contributed by atoms with Gasteiger partial charge in [-0.2, -0.15) is 0 Å². The summed E-state index contributed by atoms with van der Waals surface area (Å²) in [7, 11) is 1.68. The molecule has 1 fully saturated rings. The Bertz CT molecular complexity index is 669. The lowest BCUT2D eigenvalue weighted by Gasteiger charge is -2.31. The highest BCUT2D eigenvalue weighted by Crippen LogP contribution is 2.38. The number of aromatic nitrogens is 1. The van der Waals surface area contributed by atoms with E-state index in [9.17, 15) is 4.79 Å². The zero-order valence-corrected chi connectivity index (χ0v) is 13.6. The number of carbonyl (C=O) groups excluding carboxylic acids is 1. The van der Waals surface area contributed by atoms with Gasteiger partial charge in [-0.1, -0.05) is 12.1 Å². The van der Waals surface area contributed by atoms with Gasteiger partial charge in [0.2, 0.25) is 0 Å². The van der Waals surface area contributed by atoms with Crippen LogP contribution in [0.2, 0.25) is 0 Å². The Morgan fingerprint density at radius 2 is 2.09 bits per heavy atom. The van der Waals surface area contributed by atoms with Crippen molar-refractivity contribution in [2.24, 2.45) is 0 Å². The van der Waals surface area contributed by atoms with Crippen molar-refractivity contribution in [2.45, 2.75) is 31.8 Å². The summed E-state index contributed by atoms with van der Waals surface area (Å²) in [4.78, 5) is 17.7. The third-order valence-electron chi connectivity index (χ3n) is 4.69. The van der Waals surface area contributed by atoms with E-state index in [0.29, 0.717) is 17.6 Å². The SMILES string of the molecule is COc1ccc([C@@H](C)N2CCC[C@H]2c2cncc(C=O)c2)cc1. The summed E-state index contributed by atoms with van der Waals surface area (Å²) in [6.07, 6.45) is 6.63. The Kier molecular flexibility index (Phi) is 4.72. The average molecular weight is 310 g/mol. The van der Waals surface area contributed by atoms with Crippen LogP contribution in [0.5, 0.6) is 5.75 Å². The Balaban J connectivity index is 1.83. The molecule has 2 atom stereocenters. The van der Waals surface area contributed by atoms with Gasteiger partial charge in [-0.25, -0.2) is 0 Å². The number of methoxy groups -OCH3 is 1. The van der Waals surface area contributed by atoms with E-state index in [4.69, 9.17) is 4.74 Å². The Morgan fingerprint density at radius 3 is 2.78 bits per heavy atom. The molecule has 0 amide bonds. The molecule has 3 rings (SSSR count). The molecule has 120 valence electrons. The van der Waals surface area contributed by atoms with Crippen LogP contribution in [-0.4, -0.2) is 29.8 Å². The summed E-state index contributed by atoms with van der Waals surface area (Å²) in [6.45, 7) is 3.29. The molecule has 0 radical (unpaired) electrons. The first-order valence-corrected chi connectivity index (χ1v) is 8.02. The van der Waals surface area contributed by atoms with Gasteiger partial charge in [0, 0.05) is 30.0 Å². The fourth-order valence-corrected chi connectivity index (χ4v) is 3.41. The van der Waals surface area contributed by atoms with Crippen molar-refractivity contribution in [1.29, 1.82) is 0 Å². The molecule has 23 heavy (non-hydrogen) atoms. The molecule has 1 aliphatic heterocycles. The lowest BCUT2D eigenvalue weighted by Crippen LogP contribution is -2.26. The molecule has 1 aromatic carbocycles. The van der Waals surface area contributed by atoms with Gasteiger partial charge < -0.3 is 4.74 Å². The van der Waals surface area contributed by atoms with Crippen molar-refractivity contribution in [3.05, 3.63) is 59.4 Å². The molecule has 4 heteroatoms. The van der Waals surface area contributed by atoms with Crippen molar-refractivity contribution < 1.29 is 9.53 Å². The van der Waals surface area contributed by atoms with Gasteiger partial charge in [0.1, 0.15) is 5.75 Å². The van der Waals surface area contributed by atoms with Gasteiger partial charge >= 0.3 is 0 Å². The van der Waals surface area contributed by atoms with Crippen molar-refractivity contribution in [3.63, 3.8) is 0 Å². The van der Waals surface area contributed by atoms with Crippen molar-refractivity contribution in [2.75, 3.05) is 13.7 Å². The average Bonchev–Trinajstić information content (AvgIpc) is 3.11. The fourth-order valence-electron chi connectivity index (χ4n) is 3.41. The summed E-state index contributed by atoms with van der Waals surface area (Å²) in [5.74, 6) is 0.877. The minimum Gasteiger partial charge on any atom is -0.497 e. The molecule has 4 nitrogen and oxygen atoms in total. The summed E-state index contributed by atoms with van der Waals surface area (Å²) in [6, 6.07) is 10.9. The zero-order chi connectivity index (χ0) is 16.2. The number of hydrogen-bond acceptors (Lipinski definition) is 4. The number of pyridine rings is 1. The topological polar surface area (TPSA) is 42.4 Å². The third kappa shape index (κ3) is 3.27. The van der Waals surface area contributed by atoms with Gasteiger partial charge in [-0.05, 0) is 55.6 Å². The van der Waals surface area contributed by atoms with Crippen LogP contribution in [-0.2, 0) is 0 Å². The number of ether oxygens (including phenoxy) is 1. The van der Waals surface area contributed by atoms with E-state index in [2.05, 4.69) is 28.9 Å². The third-order valence-corrected chi connectivity index (χ3v) is 4.69. The number of carbonyl (C=O) groups is 1. The Labute approximate surface area is 137 Å². The van der Waals surface area contributed by atoms with Crippen LogP contribution in [0.3, 0.4) is 0 Å². The summed E-state index contributed by atoms with van der Waals surface area (Å²) in [5.41, 5.74) is 3.05. The molecular weight excluding hydrogens is 288 g/mol. The van der Waals surface area contributed by atoms with E-state index < -0.39 is 0 Å². The maximum absolute atomic E-state index is 11.0. The lowest BCUT2D eigenvalue weighted by atomic mass is 10.0. The van der Waals surface area contributed by atoms with Gasteiger partial charge in [0.15, 0.2) is 6.29 Å². The number of nitrogens with zero attached hydrogens (tertiary/aromatic N) is 2. The largest absolute Gasteiger partial charge is 0.497 e. The van der Waals surface area contributed by atoms with Gasteiger partial charge in [-0.3, -0.25) is 14.7 Å². The van der Waals surface area contributed by atoms with Crippen LogP contribution in [0, 0.1) is 0 Å². The molecule has 0 aliphatic carbocycles. The van der Waals surface area contributed by atoms with Gasteiger partial charge in [0.25, 0.3) is 0 Å². The molecule has 0 bridgehead atoms. The standard InChI is InChI=1S/C19H22N2O2/c1-14(16-5-7-18(23-2)8-6-16)21-9-3-4-19(21)17-10-15(13-22)11-20-12-17/h5-8,10-14,19H,3-4,9H2,1-2H3/t14-,19+/m1/s1.